The molecule has 0 unspecified atom stereocenters. The Morgan fingerprint density at radius 3 is 2.73 bits per heavy atom. The van der Waals surface area contributed by atoms with Gasteiger partial charge in [-0.1, -0.05) is 36.6 Å². The molecule has 0 radical (unpaired) electrons. The summed E-state index contributed by atoms with van der Waals surface area (Å²) in [7, 11) is 0. The number of hydrogen-bond acceptors (Lipinski definition) is 4. The van der Waals surface area contributed by atoms with Crippen LogP contribution >= 0.6 is 0 Å². The number of benzene rings is 1. The molecule has 5 nitrogen and oxygen atoms in total. The van der Waals surface area contributed by atoms with E-state index < -0.39 is 0 Å². The van der Waals surface area contributed by atoms with Gasteiger partial charge in [-0.25, -0.2) is 4.39 Å². The van der Waals surface area contributed by atoms with Crippen molar-refractivity contribution in [2.24, 2.45) is 5.92 Å². The van der Waals surface area contributed by atoms with Crippen LogP contribution in [-0.2, 0) is 4.79 Å². The van der Waals surface area contributed by atoms with E-state index in [2.05, 4.69) is 10.1 Å². The van der Waals surface area contributed by atoms with Crippen molar-refractivity contribution in [3.8, 4) is 11.4 Å². The summed E-state index contributed by atoms with van der Waals surface area (Å²) in [6.45, 7) is 0.748. The minimum atomic E-state index is -0.333. The van der Waals surface area contributed by atoms with Gasteiger partial charge in [0.2, 0.25) is 17.6 Å². The highest BCUT2D eigenvalue weighted by Gasteiger charge is 2.35. The fourth-order valence-electron chi connectivity index (χ4n) is 4.15. The van der Waals surface area contributed by atoms with E-state index in [0.717, 1.165) is 51.5 Å². The molecule has 1 atom stereocenters. The number of hydrogen-bond donors (Lipinski definition) is 0. The van der Waals surface area contributed by atoms with E-state index in [4.69, 9.17) is 4.52 Å². The van der Waals surface area contributed by atoms with Crippen LogP contribution in [0.3, 0.4) is 0 Å². The average Bonchev–Trinajstić information content (AvgIpc) is 3.18. The van der Waals surface area contributed by atoms with Crippen LogP contribution in [0.4, 0.5) is 4.39 Å². The SMILES string of the molecule is O=C(C1CCCCC1)N1CCCC[C@@H]1c1nc(-c2cccc(F)c2)no1. The third kappa shape index (κ3) is 3.50. The Labute approximate surface area is 152 Å². The van der Waals surface area contributed by atoms with Gasteiger partial charge in [-0.3, -0.25) is 4.79 Å². The zero-order valence-electron chi connectivity index (χ0n) is 14.9. The molecule has 2 fully saturated rings. The summed E-state index contributed by atoms with van der Waals surface area (Å²) >= 11 is 0. The summed E-state index contributed by atoms with van der Waals surface area (Å²) in [5.41, 5.74) is 0.584. The lowest BCUT2D eigenvalue weighted by Crippen LogP contribution is -2.42. The molecule has 2 aromatic rings. The number of carbonyl (C=O) groups is 1. The maximum Gasteiger partial charge on any atom is 0.249 e. The van der Waals surface area contributed by atoms with Gasteiger partial charge in [-0.15, -0.1) is 0 Å². The average molecular weight is 357 g/mol. The third-order valence-electron chi connectivity index (χ3n) is 5.55. The molecule has 0 spiro atoms. The van der Waals surface area contributed by atoms with Gasteiger partial charge in [-0.2, -0.15) is 4.98 Å². The van der Waals surface area contributed by atoms with Gasteiger partial charge in [0, 0.05) is 18.0 Å². The largest absolute Gasteiger partial charge is 0.337 e. The van der Waals surface area contributed by atoms with E-state index in [0.29, 0.717) is 17.3 Å². The first kappa shape index (κ1) is 17.2. The van der Waals surface area contributed by atoms with Crippen molar-refractivity contribution in [1.29, 1.82) is 0 Å². The van der Waals surface area contributed by atoms with E-state index in [1.807, 2.05) is 4.90 Å². The summed E-state index contributed by atoms with van der Waals surface area (Å²) in [5, 5.41) is 4.02. The molecule has 6 heteroatoms. The molecule has 1 saturated carbocycles. The Balaban J connectivity index is 1.55. The number of rotatable bonds is 3. The summed E-state index contributed by atoms with van der Waals surface area (Å²) < 4.78 is 18.9. The number of carbonyl (C=O) groups excluding carboxylic acids is 1. The highest BCUT2D eigenvalue weighted by Crippen LogP contribution is 2.35. The molecule has 1 aromatic carbocycles. The molecule has 1 aliphatic carbocycles. The van der Waals surface area contributed by atoms with Gasteiger partial charge in [0.05, 0.1) is 0 Å². The molecular weight excluding hydrogens is 333 g/mol. The van der Waals surface area contributed by atoms with E-state index in [1.54, 1.807) is 12.1 Å². The second-order valence-corrected chi connectivity index (χ2v) is 7.34. The van der Waals surface area contributed by atoms with Crippen LogP contribution in [0.2, 0.25) is 0 Å². The van der Waals surface area contributed by atoms with Crippen LogP contribution in [-0.4, -0.2) is 27.5 Å². The molecule has 1 amide bonds. The molecule has 4 rings (SSSR count). The van der Waals surface area contributed by atoms with E-state index in [1.165, 1.54) is 18.6 Å². The Morgan fingerprint density at radius 1 is 1.12 bits per heavy atom. The lowest BCUT2D eigenvalue weighted by molar-refractivity contribution is -0.141. The summed E-state index contributed by atoms with van der Waals surface area (Å²) in [6, 6.07) is 5.99. The predicted molar refractivity (Wildman–Crippen MR) is 94.6 cm³/mol. The Bertz CT molecular complexity index is 770. The Hall–Kier alpha value is -2.24. The van der Waals surface area contributed by atoms with Crippen molar-refractivity contribution in [2.45, 2.75) is 57.4 Å². The molecule has 1 aromatic heterocycles. The van der Waals surface area contributed by atoms with E-state index in [-0.39, 0.29) is 23.7 Å². The summed E-state index contributed by atoms with van der Waals surface area (Å²) in [4.78, 5) is 19.5. The van der Waals surface area contributed by atoms with Crippen molar-refractivity contribution in [3.63, 3.8) is 0 Å². The smallest absolute Gasteiger partial charge is 0.249 e. The van der Waals surface area contributed by atoms with Crippen LogP contribution < -0.4 is 0 Å². The summed E-state index contributed by atoms with van der Waals surface area (Å²) in [6.07, 6.45) is 8.37. The van der Waals surface area contributed by atoms with Crippen LogP contribution in [0.25, 0.3) is 11.4 Å². The van der Waals surface area contributed by atoms with Crippen molar-refractivity contribution in [2.75, 3.05) is 6.54 Å². The Morgan fingerprint density at radius 2 is 1.92 bits per heavy atom. The minimum absolute atomic E-state index is 0.134. The normalized spacial score (nSPS) is 21.7. The number of amides is 1. The van der Waals surface area contributed by atoms with Gasteiger partial charge >= 0.3 is 0 Å². The number of halogens is 1. The van der Waals surface area contributed by atoms with Crippen LogP contribution in [0.15, 0.2) is 28.8 Å². The highest BCUT2D eigenvalue weighted by atomic mass is 19.1. The van der Waals surface area contributed by atoms with Crippen LogP contribution in [0.1, 0.15) is 63.3 Å². The fraction of sp³-hybridized carbons (Fsp3) is 0.550. The minimum Gasteiger partial charge on any atom is -0.337 e. The molecule has 0 bridgehead atoms. The molecule has 0 N–H and O–H groups in total. The van der Waals surface area contributed by atoms with Crippen molar-refractivity contribution < 1.29 is 13.7 Å². The second kappa shape index (κ2) is 7.56. The zero-order chi connectivity index (χ0) is 17.9. The van der Waals surface area contributed by atoms with E-state index in [9.17, 15) is 9.18 Å². The molecule has 1 saturated heterocycles. The van der Waals surface area contributed by atoms with Crippen LogP contribution in [0.5, 0.6) is 0 Å². The highest BCUT2D eigenvalue weighted by molar-refractivity contribution is 5.79. The molecule has 26 heavy (non-hydrogen) atoms. The van der Waals surface area contributed by atoms with E-state index >= 15 is 0 Å². The molecule has 2 heterocycles. The fourth-order valence-corrected chi connectivity index (χ4v) is 4.15. The molecule has 2 aliphatic rings. The van der Waals surface area contributed by atoms with Gasteiger partial charge in [-0.05, 0) is 44.2 Å². The summed E-state index contributed by atoms with van der Waals surface area (Å²) in [5.74, 6) is 0.874. The second-order valence-electron chi connectivity index (χ2n) is 7.34. The standard InChI is InChI=1S/C20H24FN3O2/c21-16-10-6-9-15(13-16)18-22-19(26-23-18)17-11-4-5-12-24(17)20(25)14-7-2-1-3-8-14/h6,9-10,13-14,17H,1-5,7-8,11-12H2/t17-/m1/s1. The first-order valence-corrected chi connectivity index (χ1v) is 9.62. The predicted octanol–water partition coefficient (Wildman–Crippen LogP) is 4.51. The lowest BCUT2D eigenvalue weighted by Gasteiger charge is -2.36. The number of piperidine rings is 1. The monoisotopic (exact) mass is 357 g/mol. The lowest BCUT2D eigenvalue weighted by atomic mass is 9.87. The maximum absolute atomic E-state index is 13.4. The molecule has 1 aliphatic heterocycles. The van der Waals surface area contributed by atoms with Crippen molar-refractivity contribution in [3.05, 3.63) is 36.0 Å². The first-order valence-electron chi connectivity index (χ1n) is 9.62. The number of aromatic nitrogens is 2. The van der Waals surface area contributed by atoms with Crippen molar-refractivity contribution in [1.82, 2.24) is 15.0 Å². The van der Waals surface area contributed by atoms with Crippen molar-refractivity contribution >= 4 is 5.91 Å². The molecular formula is C20H24FN3O2. The third-order valence-corrected chi connectivity index (χ3v) is 5.55. The maximum atomic E-state index is 13.4. The number of likely N-dealkylation sites (tertiary alicyclic amines) is 1. The first-order chi connectivity index (χ1) is 12.7. The topological polar surface area (TPSA) is 59.2 Å². The van der Waals surface area contributed by atoms with Gasteiger partial charge in [0.1, 0.15) is 11.9 Å². The molecule has 138 valence electrons. The Kier molecular flexibility index (Phi) is 5.00. The zero-order valence-corrected chi connectivity index (χ0v) is 14.9. The quantitative estimate of drug-likeness (QED) is 0.811. The van der Waals surface area contributed by atoms with Gasteiger partial charge in [0.15, 0.2) is 0 Å². The number of nitrogens with zero attached hydrogens (tertiary/aromatic N) is 3. The van der Waals surface area contributed by atoms with Gasteiger partial charge < -0.3 is 9.42 Å². The van der Waals surface area contributed by atoms with Crippen LogP contribution in [0, 0.1) is 11.7 Å². The van der Waals surface area contributed by atoms with Gasteiger partial charge in [0.25, 0.3) is 0 Å².